The molecule has 0 atom stereocenters. The van der Waals surface area contributed by atoms with E-state index >= 15 is 0 Å². The van der Waals surface area contributed by atoms with E-state index in [4.69, 9.17) is 16.3 Å². The fraction of sp³-hybridized carbons (Fsp3) is 0.643. The number of pyridine rings is 1. The molecule has 1 aromatic heterocycles. The Labute approximate surface area is 115 Å². The molecule has 1 N–H and O–H groups in total. The number of rotatable bonds is 7. The van der Waals surface area contributed by atoms with Crippen molar-refractivity contribution < 1.29 is 4.74 Å². The van der Waals surface area contributed by atoms with Gasteiger partial charge in [0.05, 0.1) is 11.6 Å². The first-order chi connectivity index (χ1) is 8.49. The van der Waals surface area contributed by atoms with Crippen molar-refractivity contribution in [2.45, 2.75) is 46.7 Å². The zero-order valence-electron chi connectivity index (χ0n) is 11.7. The summed E-state index contributed by atoms with van der Waals surface area (Å²) >= 11 is 6.11. The highest BCUT2D eigenvalue weighted by Crippen LogP contribution is 2.19. The SMILES string of the molecule is CC(C)CCOc1cc(CNC(C)C)c(Cl)cn1. The molecule has 0 amide bonds. The van der Waals surface area contributed by atoms with Crippen molar-refractivity contribution in [2.24, 2.45) is 5.92 Å². The van der Waals surface area contributed by atoms with E-state index in [2.05, 4.69) is 38.0 Å². The van der Waals surface area contributed by atoms with Crippen LogP contribution in [-0.2, 0) is 6.54 Å². The molecule has 0 spiro atoms. The van der Waals surface area contributed by atoms with Gasteiger partial charge >= 0.3 is 0 Å². The molecule has 0 radical (unpaired) electrons. The maximum Gasteiger partial charge on any atom is 0.213 e. The fourth-order valence-electron chi connectivity index (χ4n) is 1.39. The number of nitrogens with one attached hydrogen (secondary N) is 1. The molecule has 18 heavy (non-hydrogen) atoms. The third-order valence-electron chi connectivity index (χ3n) is 2.56. The molecule has 0 saturated carbocycles. The van der Waals surface area contributed by atoms with E-state index < -0.39 is 0 Å². The molecular formula is C14H23ClN2O. The molecule has 0 aliphatic carbocycles. The first kappa shape index (κ1) is 15.3. The average molecular weight is 271 g/mol. The first-order valence-corrected chi connectivity index (χ1v) is 6.87. The second kappa shape index (κ2) is 7.59. The zero-order valence-corrected chi connectivity index (χ0v) is 12.4. The van der Waals surface area contributed by atoms with Gasteiger partial charge in [-0.1, -0.05) is 39.3 Å². The predicted octanol–water partition coefficient (Wildman–Crippen LogP) is 3.66. The van der Waals surface area contributed by atoms with Crippen molar-refractivity contribution in [3.63, 3.8) is 0 Å². The lowest BCUT2D eigenvalue weighted by atomic mass is 10.1. The molecule has 0 bridgehead atoms. The molecule has 0 aliphatic heterocycles. The van der Waals surface area contributed by atoms with Crippen LogP contribution in [0, 0.1) is 5.92 Å². The average Bonchev–Trinajstić information content (AvgIpc) is 2.29. The van der Waals surface area contributed by atoms with Gasteiger partial charge in [0, 0.05) is 24.8 Å². The fourth-order valence-corrected chi connectivity index (χ4v) is 1.56. The lowest BCUT2D eigenvalue weighted by Crippen LogP contribution is -2.22. The third kappa shape index (κ3) is 5.69. The standard InChI is InChI=1S/C14H23ClN2O/c1-10(2)5-6-18-14-7-12(8-16-11(3)4)13(15)9-17-14/h7,9-11,16H,5-6,8H2,1-4H3. The van der Waals surface area contributed by atoms with Gasteiger partial charge in [0.15, 0.2) is 0 Å². The predicted molar refractivity (Wildman–Crippen MR) is 76.2 cm³/mol. The van der Waals surface area contributed by atoms with E-state index in [0.717, 1.165) is 18.5 Å². The van der Waals surface area contributed by atoms with E-state index in [1.807, 2.05) is 6.07 Å². The smallest absolute Gasteiger partial charge is 0.213 e. The van der Waals surface area contributed by atoms with Crippen LogP contribution in [-0.4, -0.2) is 17.6 Å². The molecule has 0 saturated heterocycles. The van der Waals surface area contributed by atoms with Crippen LogP contribution in [0.5, 0.6) is 5.88 Å². The Morgan fingerprint density at radius 1 is 1.33 bits per heavy atom. The quantitative estimate of drug-likeness (QED) is 0.821. The van der Waals surface area contributed by atoms with Crippen molar-refractivity contribution in [3.8, 4) is 5.88 Å². The van der Waals surface area contributed by atoms with Gasteiger partial charge in [0.2, 0.25) is 5.88 Å². The summed E-state index contributed by atoms with van der Waals surface area (Å²) in [7, 11) is 0. The van der Waals surface area contributed by atoms with Crippen molar-refractivity contribution in [3.05, 3.63) is 22.8 Å². The number of nitrogens with zero attached hydrogens (tertiary/aromatic N) is 1. The van der Waals surface area contributed by atoms with Gasteiger partial charge in [-0.05, 0) is 17.9 Å². The van der Waals surface area contributed by atoms with Crippen molar-refractivity contribution in [1.82, 2.24) is 10.3 Å². The van der Waals surface area contributed by atoms with Crippen molar-refractivity contribution in [2.75, 3.05) is 6.61 Å². The Hall–Kier alpha value is -0.800. The summed E-state index contributed by atoms with van der Waals surface area (Å²) in [6, 6.07) is 2.34. The second-order valence-electron chi connectivity index (χ2n) is 5.18. The lowest BCUT2D eigenvalue weighted by Gasteiger charge is -2.12. The Bertz CT molecular complexity index is 367. The molecule has 1 rings (SSSR count). The summed E-state index contributed by atoms with van der Waals surface area (Å²) < 4.78 is 5.62. The van der Waals surface area contributed by atoms with Gasteiger partial charge in [-0.2, -0.15) is 0 Å². The lowest BCUT2D eigenvalue weighted by molar-refractivity contribution is 0.279. The molecule has 4 heteroatoms. The highest BCUT2D eigenvalue weighted by atomic mass is 35.5. The number of hydrogen-bond donors (Lipinski definition) is 1. The van der Waals surface area contributed by atoms with Gasteiger partial charge in [-0.25, -0.2) is 4.98 Å². The molecule has 0 aliphatic rings. The van der Waals surface area contributed by atoms with E-state index in [1.165, 1.54) is 0 Å². The summed E-state index contributed by atoms with van der Waals surface area (Å²) in [5.41, 5.74) is 1.03. The van der Waals surface area contributed by atoms with Gasteiger partial charge in [-0.3, -0.25) is 0 Å². The maximum atomic E-state index is 6.11. The number of aromatic nitrogens is 1. The van der Waals surface area contributed by atoms with Gasteiger partial charge in [-0.15, -0.1) is 0 Å². The number of hydrogen-bond acceptors (Lipinski definition) is 3. The first-order valence-electron chi connectivity index (χ1n) is 6.49. The Balaban J connectivity index is 2.56. The summed E-state index contributed by atoms with van der Waals surface area (Å²) in [6.45, 7) is 10.0. The maximum absolute atomic E-state index is 6.11. The number of ether oxygens (including phenoxy) is 1. The summed E-state index contributed by atoms with van der Waals surface area (Å²) in [5, 5.41) is 4.02. The minimum Gasteiger partial charge on any atom is -0.478 e. The van der Waals surface area contributed by atoms with Crippen LogP contribution in [0.15, 0.2) is 12.3 Å². The van der Waals surface area contributed by atoms with Crippen molar-refractivity contribution >= 4 is 11.6 Å². The molecule has 0 aromatic carbocycles. The zero-order chi connectivity index (χ0) is 13.5. The normalized spacial score (nSPS) is 11.3. The van der Waals surface area contributed by atoms with Gasteiger partial charge < -0.3 is 10.1 Å². The van der Waals surface area contributed by atoms with Crippen LogP contribution in [0.1, 0.15) is 39.7 Å². The van der Waals surface area contributed by atoms with E-state index in [0.29, 0.717) is 29.5 Å². The van der Waals surface area contributed by atoms with Crippen LogP contribution in [0.25, 0.3) is 0 Å². The summed E-state index contributed by atoms with van der Waals surface area (Å²) in [6.07, 6.45) is 2.69. The van der Waals surface area contributed by atoms with Crippen LogP contribution < -0.4 is 10.1 Å². The molecule has 102 valence electrons. The topological polar surface area (TPSA) is 34.1 Å². The molecule has 0 unspecified atom stereocenters. The second-order valence-corrected chi connectivity index (χ2v) is 5.59. The van der Waals surface area contributed by atoms with Crippen LogP contribution >= 0.6 is 11.6 Å². The van der Waals surface area contributed by atoms with Gasteiger partial charge in [0.1, 0.15) is 0 Å². The number of halogens is 1. The minimum atomic E-state index is 0.430. The largest absolute Gasteiger partial charge is 0.478 e. The Morgan fingerprint density at radius 2 is 2.06 bits per heavy atom. The van der Waals surface area contributed by atoms with E-state index in [9.17, 15) is 0 Å². The Kier molecular flexibility index (Phi) is 6.44. The molecule has 3 nitrogen and oxygen atoms in total. The Morgan fingerprint density at radius 3 is 2.67 bits per heavy atom. The molecule has 1 heterocycles. The van der Waals surface area contributed by atoms with Crippen LogP contribution in [0.2, 0.25) is 5.02 Å². The highest BCUT2D eigenvalue weighted by Gasteiger charge is 2.05. The minimum absolute atomic E-state index is 0.430. The monoisotopic (exact) mass is 270 g/mol. The molecule has 1 aromatic rings. The summed E-state index contributed by atoms with van der Waals surface area (Å²) in [5.74, 6) is 1.29. The molecule has 0 fully saturated rings. The van der Waals surface area contributed by atoms with Crippen LogP contribution in [0.3, 0.4) is 0 Å². The molecular weight excluding hydrogens is 248 g/mol. The van der Waals surface area contributed by atoms with E-state index in [-0.39, 0.29) is 0 Å². The van der Waals surface area contributed by atoms with E-state index in [1.54, 1.807) is 6.20 Å². The van der Waals surface area contributed by atoms with Gasteiger partial charge in [0.25, 0.3) is 0 Å². The highest BCUT2D eigenvalue weighted by molar-refractivity contribution is 6.31. The third-order valence-corrected chi connectivity index (χ3v) is 2.90. The summed E-state index contributed by atoms with van der Waals surface area (Å²) in [4.78, 5) is 4.18. The van der Waals surface area contributed by atoms with Crippen LogP contribution in [0.4, 0.5) is 0 Å². The van der Waals surface area contributed by atoms with Crippen molar-refractivity contribution in [1.29, 1.82) is 0 Å².